The van der Waals surface area contributed by atoms with Crippen LogP contribution in [0.5, 0.6) is 0 Å². The summed E-state index contributed by atoms with van der Waals surface area (Å²) in [5, 5.41) is 20.3. The largest absolute Gasteiger partial charge is 0.390 e. The van der Waals surface area contributed by atoms with Gasteiger partial charge < -0.3 is 14.9 Å². The Bertz CT molecular complexity index is 378. The number of hydrogen-bond acceptors (Lipinski definition) is 3. The number of hydrogen-bond donors (Lipinski definition) is 2. The second kappa shape index (κ2) is 4.41. The summed E-state index contributed by atoms with van der Waals surface area (Å²) in [5.74, 6) is 0.116. The fourth-order valence-corrected chi connectivity index (χ4v) is 3.13. The molecule has 1 aromatic rings. The molecule has 2 aliphatic rings. The Morgan fingerprint density at radius 3 is 2.53 bits per heavy atom. The van der Waals surface area contributed by atoms with E-state index in [1.54, 1.807) is 0 Å². The van der Waals surface area contributed by atoms with Gasteiger partial charge in [-0.1, -0.05) is 36.8 Å². The van der Waals surface area contributed by atoms with Crippen molar-refractivity contribution in [3.8, 4) is 0 Å². The molecular weight excluding hydrogens is 216 g/mol. The Morgan fingerprint density at radius 1 is 1.00 bits per heavy atom. The van der Waals surface area contributed by atoms with Gasteiger partial charge in [0, 0.05) is 5.92 Å². The fourth-order valence-electron chi connectivity index (χ4n) is 3.13. The summed E-state index contributed by atoms with van der Waals surface area (Å²) in [5.41, 5.74) is 0.949. The van der Waals surface area contributed by atoms with E-state index in [-0.39, 0.29) is 18.1 Å². The van der Waals surface area contributed by atoms with Crippen LogP contribution in [-0.4, -0.2) is 28.5 Å². The van der Waals surface area contributed by atoms with E-state index in [4.69, 9.17) is 4.74 Å². The highest BCUT2D eigenvalue weighted by molar-refractivity contribution is 5.20. The Hall–Kier alpha value is -0.900. The Balaban J connectivity index is 1.86. The Labute approximate surface area is 101 Å². The lowest BCUT2D eigenvalue weighted by Crippen LogP contribution is -2.48. The molecule has 3 rings (SSSR count). The minimum atomic E-state index is -0.809. The van der Waals surface area contributed by atoms with Crippen molar-refractivity contribution in [2.24, 2.45) is 5.92 Å². The van der Waals surface area contributed by atoms with Crippen molar-refractivity contribution in [3.05, 3.63) is 35.9 Å². The molecule has 5 atom stereocenters. The first kappa shape index (κ1) is 11.2. The molecule has 1 saturated carbocycles. The SMILES string of the molecule is O[C@@H]1[C@@H](O)[C@H](c2ccccc2)O[C@H]2CCC[C@H]12. The van der Waals surface area contributed by atoms with Gasteiger partial charge in [0.2, 0.25) is 0 Å². The van der Waals surface area contributed by atoms with Crippen LogP contribution in [0.15, 0.2) is 30.3 Å². The van der Waals surface area contributed by atoms with Crippen LogP contribution in [0, 0.1) is 5.92 Å². The van der Waals surface area contributed by atoms with Crippen molar-refractivity contribution in [1.29, 1.82) is 0 Å². The molecule has 0 spiro atoms. The zero-order valence-electron chi connectivity index (χ0n) is 9.70. The molecule has 1 aliphatic heterocycles. The molecule has 1 heterocycles. The van der Waals surface area contributed by atoms with Gasteiger partial charge in [0.1, 0.15) is 12.2 Å². The average Bonchev–Trinajstić information content (AvgIpc) is 2.83. The summed E-state index contributed by atoms with van der Waals surface area (Å²) in [6.07, 6.45) is 1.31. The second-order valence-electron chi connectivity index (χ2n) is 5.08. The smallest absolute Gasteiger partial charge is 0.111 e. The van der Waals surface area contributed by atoms with E-state index in [1.807, 2.05) is 30.3 Å². The lowest BCUT2D eigenvalue weighted by Gasteiger charge is -2.40. The monoisotopic (exact) mass is 234 g/mol. The molecule has 17 heavy (non-hydrogen) atoms. The van der Waals surface area contributed by atoms with E-state index in [1.165, 1.54) is 0 Å². The standard InChI is InChI=1S/C14H18O3/c15-12-10-7-4-8-11(10)17-14(13(12)16)9-5-2-1-3-6-9/h1-3,5-6,10-16H,4,7-8H2/t10-,11-,12-,13+,14-/m0/s1. The maximum Gasteiger partial charge on any atom is 0.111 e. The van der Waals surface area contributed by atoms with Gasteiger partial charge in [0.15, 0.2) is 0 Å². The number of benzene rings is 1. The van der Waals surface area contributed by atoms with Gasteiger partial charge in [-0.3, -0.25) is 0 Å². The maximum absolute atomic E-state index is 10.2. The fraction of sp³-hybridized carbons (Fsp3) is 0.571. The normalized spacial score (nSPS) is 41.2. The summed E-state index contributed by atoms with van der Waals surface area (Å²) in [7, 11) is 0. The molecule has 0 unspecified atom stereocenters. The molecule has 3 heteroatoms. The Kier molecular flexibility index (Phi) is 2.90. The summed E-state index contributed by atoms with van der Waals surface area (Å²) >= 11 is 0. The molecule has 1 aliphatic carbocycles. The highest BCUT2D eigenvalue weighted by Crippen LogP contribution is 2.42. The molecule has 1 saturated heterocycles. The van der Waals surface area contributed by atoms with Crippen molar-refractivity contribution < 1.29 is 14.9 Å². The van der Waals surface area contributed by atoms with Crippen LogP contribution in [0.4, 0.5) is 0 Å². The number of fused-ring (bicyclic) bond motifs is 1. The number of aliphatic hydroxyl groups excluding tert-OH is 2. The van der Waals surface area contributed by atoms with Crippen molar-refractivity contribution in [1.82, 2.24) is 0 Å². The van der Waals surface area contributed by atoms with Gasteiger partial charge in [-0.05, 0) is 18.4 Å². The van der Waals surface area contributed by atoms with Crippen LogP contribution in [0.2, 0.25) is 0 Å². The summed E-state index contributed by atoms with van der Waals surface area (Å²) in [6.45, 7) is 0. The van der Waals surface area contributed by atoms with Gasteiger partial charge in [-0.25, -0.2) is 0 Å². The number of ether oxygens (including phenoxy) is 1. The highest BCUT2D eigenvalue weighted by atomic mass is 16.5. The van der Waals surface area contributed by atoms with Gasteiger partial charge >= 0.3 is 0 Å². The van der Waals surface area contributed by atoms with E-state index < -0.39 is 12.2 Å². The van der Waals surface area contributed by atoms with Gasteiger partial charge in [0.25, 0.3) is 0 Å². The molecular formula is C14H18O3. The van der Waals surface area contributed by atoms with E-state index in [0.717, 1.165) is 24.8 Å². The minimum Gasteiger partial charge on any atom is -0.390 e. The molecule has 3 nitrogen and oxygen atoms in total. The first-order valence-electron chi connectivity index (χ1n) is 6.34. The average molecular weight is 234 g/mol. The lowest BCUT2D eigenvalue weighted by molar-refractivity contribution is -0.193. The zero-order chi connectivity index (χ0) is 11.8. The molecule has 0 aromatic heterocycles. The van der Waals surface area contributed by atoms with Gasteiger partial charge in [-0.2, -0.15) is 0 Å². The quantitative estimate of drug-likeness (QED) is 0.776. The summed E-state index contributed by atoms with van der Waals surface area (Å²) < 4.78 is 5.97. The molecule has 2 fully saturated rings. The zero-order valence-corrected chi connectivity index (χ0v) is 9.70. The van der Waals surface area contributed by atoms with Crippen molar-refractivity contribution in [2.45, 2.75) is 43.7 Å². The van der Waals surface area contributed by atoms with Crippen LogP contribution in [-0.2, 0) is 4.74 Å². The van der Waals surface area contributed by atoms with Crippen molar-refractivity contribution in [2.75, 3.05) is 0 Å². The van der Waals surface area contributed by atoms with Crippen molar-refractivity contribution >= 4 is 0 Å². The Morgan fingerprint density at radius 2 is 1.76 bits per heavy atom. The maximum atomic E-state index is 10.2. The predicted octanol–water partition coefficient (Wildman–Crippen LogP) is 1.65. The molecule has 0 radical (unpaired) electrons. The topological polar surface area (TPSA) is 49.7 Å². The predicted molar refractivity (Wildman–Crippen MR) is 63.4 cm³/mol. The molecule has 92 valence electrons. The van der Waals surface area contributed by atoms with Gasteiger partial charge in [-0.15, -0.1) is 0 Å². The third-order valence-electron chi connectivity index (χ3n) is 4.05. The van der Waals surface area contributed by atoms with E-state index in [2.05, 4.69) is 0 Å². The molecule has 0 amide bonds. The van der Waals surface area contributed by atoms with Crippen LogP contribution in [0.1, 0.15) is 30.9 Å². The first-order valence-corrected chi connectivity index (χ1v) is 6.34. The third-order valence-corrected chi connectivity index (χ3v) is 4.05. The van der Waals surface area contributed by atoms with Crippen LogP contribution in [0.25, 0.3) is 0 Å². The van der Waals surface area contributed by atoms with Crippen LogP contribution in [0.3, 0.4) is 0 Å². The third kappa shape index (κ3) is 1.88. The van der Waals surface area contributed by atoms with E-state index >= 15 is 0 Å². The first-order chi connectivity index (χ1) is 8.27. The summed E-state index contributed by atoms with van der Waals surface area (Å²) in [4.78, 5) is 0. The van der Waals surface area contributed by atoms with E-state index in [9.17, 15) is 10.2 Å². The lowest BCUT2D eigenvalue weighted by atomic mass is 9.86. The highest BCUT2D eigenvalue weighted by Gasteiger charge is 2.46. The molecule has 0 bridgehead atoms. The molecule has 1 aromatic carbocycles. The minimum absolute atomic E-state index is 0.110. The molecule has 2 N–H and O–H groups in total. The number of rotatable bonds is 1. The van der Waals surface area contributed by atoms with Crippen LogP contribution < -0.4 is 0 Å². The number of aliphatic hydroxyl groups is 2. The second-order valence-corrected chi connectivity index (χ2v) is 5.08. The van der Waals surface area contributed by atoms with Crippen molar-refractivity contribution in [3.63, 3.8) is 0 Å². The summed E-state index contributed by atoms with van der Waals surface area (Å²) in [6, 6.07) is 9.68. The van der Waals surface area contributed by atoms with Gasteiger partial charge in [0.05, 0.1) is 12.2 Å². The van der Waals surface area contributed by atoms with Crippen LogP contribution >= 0.6 is 0 Å². The van der Waals surface area contributed by atoms with E-state index in [0.29, 0.717) is 0 Å².